The van der Waals surface area contributed by atoms with Crippen LogP contribution in [-0.2, 0) is 0 Å². The lowest BCUT2D eigenvalue weighted by molar-refractivity contribution is 0.415. The zero-order chi connectivity index (χ0) is 13.7. The van der Waals surface area contributed by atoms with Gasteiger partial charge in [-0.2, -0.15) is 0 Å². The molecule has 0 radical (unpaired) electrons. The molecule has 0 spiro atoms. The smallest absolute Gasteiger partial charge is 0.119 e. The summed E-state index contributed by atoms with van der Waals surface area (Å²) in [4.78, 5) is 0. The lowest BCUT2D eigenvalue weighted by Crippen LogP contribution is -2.07. The van der Waals surface area contributed by atoms with Crippen molar-refractivity contribution < 1.29 is 4.74 Å². The highest BCUT2D eigenvalue weighted by molar-refractivity contribution is 6.30. The molecule has 19 heavy (non-hydrogen) atoms. The first kappa shape index (κ1) is 13.5. The Morgan fingerprint density at radius 2 is 1.74 bits per heavy atom. The van der Waals surface area contributed by atoms with E-state index in [0.29, 0.717) is 0 Å². The van der Waals surface area contributed by atoms with Crippen LogP contribution in [0, 0.1) is 0 Å². The molecule has 2 aromatic carbocycles. The topological polar surface area (TPSA) is 21.3 Å². The van der Waals surface area contributed by atoms with Crippen LogP contribution in [0.4, 0.5) is 5.69 Å². The molecule has 0 fully saturated rings. The van der Waals surface area contributed by atoms with E-state index in [4.69, 9.17) is 16.3 Å². The summed E-state index contributed by atoms with van der Waals surface area (Å²) in [6.07, 6.45) is 1.87. The van der Waals surface area contributed by atoms with Gasteiger partial charge in [0.1, 0.15) is 5.75 Å². The number of benzene rings is 2. The molecule has 0 saturated carbocycles. The third-order valence-corrected chi connectivity index (χ3v) is 3.13. The van der Waals surface area contributed by atoms with Gasteiger partial charge in [0.05, 0.1) is 13.2 Å². The van der Waals surface area contributed by atoms with Gasteiger partial charge in [-0.25, -0.2) is 0 Å². The minimum absolute atomic E-state index is 0.0469. The van der Waals surface area contributed by atoms with E-state index in [1.807, 2.05) is 54.6 Å². The van der Waals surface area contributed by atoms with Crippen LogP contribution in [0.25, 0.3) is 0 Å². The Morgan fingerprint density at radius 3 is 2.26 bits per heavy atom. The summed E-state index contributed by atoms with van der Waals surface area (Å²) in [6, 6.07) is 15.6. The summed E-state index contributed by atoms with van der Waals surface area (Å²) in [6.45, 7) is 3.87. The summed E-state index contributed by atoms with van der Waals surface area (Å²) in [5.41, 5.74) is 2.14. The summed E-state index contributed by atoms with van der Waals surface area (Å²) < 4.78 is 5.14. The van der Waals surface area contributed by atoms with Crippen molar-refractivity contribution in [1.29, 1.82) is 0 Å². The number of hydrogen-bond donors (Lipinski definition) is 1. The summed E-state index contributed by atoms with van der Waals surface area (Å²) in [7, 11) is 1.66. The molecule has 0 aliphatic carbocycles. The maximum Gasteiger partial charge on any atom is 0.119 e. The van der Waals surface area contributed by atoms with Gasteiger partial charge in [-0.1, -0.05) is 29.8 Å². The monoisotopic (exact) mass is 273 g/mol. The van der Waals surface area contributed by atoms with Crippen molar-refractivity contribution in [2.45, 2.75) is 6.04 Å². The van der Waals surface area contributed by atoms with E-state index < -0.39 is 0 Å². The lowest BCUT2D eigenvalue weighted by atomic mass is 10.1. The number of ether oxygens (including phenoxy) is 1. The van der Waals surface area contributed by atoms with Crippen LogP contribution < -0.4 is 10.1 Å². The van der Waals surface area contributed by atoms with Gasteiger partial charge in [0.2, 0.25) is 0 Å². The third-order valence-electron chi connectivity index (χ3n) is 2.88. The van der Waals surface area contributed by atoms with E-state index in [1.165, 1.54) is 0 Å². The quantitative estimate of drug-likeness (QED) is 0.798. The Morgan fingerprint density at radius 1 is 1.11 bits per heavy atom. The number of anilines is 1. The van der Waals surface area contributed by atoms with E-state index >= 15 is 0 Å². The molecular weight excluding hydrogens is 258 g/mol. The third kappa shape index (κ3) is 3.52. The lowest BCUT2D eigenvalue weighted by Gasteiger charge is -2.17. The molecular formula is C16H16ClNO. The fraction of sp³-hybridized carbons (Fsp3) is 0.125. The number of nitrogens with one attached hydrogen (secondary N) is 1. The van der Waals surface area contributed by atoms with Crippen molar-refractivity contribution in [2.24, 2.45) is 0 Å². The Hall–Kier alpha value is -1.93. The van der Waals surface area contributed by atoms with Gasteiger partial charge in [-0.05, 0) is 42.0 Å². The average Bonchev–Trinajstić information content (AvgIpc) is 2.46. The Labute approximate surface area is 118 Å². The molecule has 0 bridgehead atoms. The molecule has 1 atom stereocenters. The predicted octanol–water partition coefficient (Wildman–Crippen LogP) is 4.69. The van der Waals surface area contributed by atoms with Gasteiger partial charge >= 0.3 is 0 Å². The summed E-state index contributed by atoms with van der Waals surface area (Å²) in [5.74, 6) is 0.840. The fourth-order valence-corrected chi connectivity index (χ4v) is 1.94. The normalized spacial score (nSPS) is 11.7. The maximum absolute atomic E-state index is 5.89. The van der Waals surface area contributed by atoms with E-state index in [0.717, 1.165) is 22.0 Å². The van der Waals surface area contributed by atoms with Gasteiger partial charge in [0.25, 0.3) is 0 Å². The van der Waals surface area contributed by atoms with E-state index in [-0.39, 0.29) is 6.04 Å². The van der Waals surface area contributed by atoms with Crippen LogP contribution in [0.3, 0.4) is 0 Å². The SMILES string of the molecule is C=CC(Nc1ccc(OC)cc1)c1ccc(Cl)cc1. The molecule has 0 saturated heterocycles. The van der Waals surface area contributed by atoms with Crippen LogP contribution in [0.15, 0.2) is 61.2 Å². The molecule has 3 heteroatoms. The van der Waals surface area contributed by atoms with Gasteiger partial charge in [-0.15, -0.1) is 6.58 Å². The first-order valence-corrected chi connectivity index (χ1v) is 6.39. The van der Waals surface area contributed by atoms with Crippen molar-refractivity contribution >= 4 is 17.3 Å². The number of hydrogen-bond acceptors (Lipinski definition) is 2. The maximum atomic E-state index is 5.89. The average molecular weight is 274 g/mol. The van der Waals surface area contributed by atoms with Crippen LogP contribution in [0.1, 0.15) is 11.6 Å². The van der Waals surface area contributed by atoms with Crippen molar-refractivity contribution in [3.63, 3.8) is 0 Å². The minimum Gasteiger partial charge on any atom is -0.497 e. The Kier molecular flexibility index (Phi) is 4.48. The van der Waals surface area contributed by atoms with E-state index in [9.17, 15) is 0 Å². The molecule has 2 rings (SSSR count). The molecule has 0 aliphatic rings. The Balaban J connectivity index is 2.14. The minimum atomic E-state index is 0.0469. The number of halogens is 1. The van der Waals surface area contributed by atoms with Gasteiger partial charge in [0.15, 0.2) is 0 Å². The molecule has 98 valence electrons. The first-order valence-electron chi connectivity index (χ1n) is 6.01. The molecule has 0 amide bonds. The van der Waals surface area contributed by atoms with Gasteiger partial charge < -0.3 is 10.1 Å². The molecule has 2 nitrogen and oxygen atoms in total. The van der Waals surface area contributed by atoms with Gasteiger partial charge in [0, 0.05) is 10.7 Å². The van der Waals surface area contributed by atoms with Crippen molar-refractivity contribution in [2.75, 3.05) is 12.4 Å². The second kappa shape index (κ2) is 6.30. The van der Waals surface area contributed by atoms with Gasteiger partial charge in [-0.3, -0.25) is 0 Å². The van der Waals surface area contributed by atoms with E-state index in [2.05, 4.69) is 11.9 Å². The second-order valence-corrected chi connectivity index (χ2v) is 4.57. The number of methoxy groups -OCH3 is 1. The number of rotatable bonds is 5. The Bertz CT molecular complexity index is 534. The predicted molar refractivity (Wildman–Crippen MR) is 81.0 cm³/mol. The molecule has 1 N–H and O–H groups in total. The molecule has 0 aliphatic heterocycles. The highest BCUT2D eigenvalue weighted by atomic mass is 35.5. The molecule has 1 unspecified atom stereocenters. The van der Waals surface area contributed by atoms with Crippen LogP contribution in [0.2, 0.25) is 5.02 Å². The molecule has 0 aromatic heterocycles. The molecule has 2 aromatic rings. The largest absolute Gasteiger partial charge is 0.497 e. The zero-order valence-corrected chi connectivity index (χ0v) is 11.5. The summed E-state index contributed by atoms with van der Waals surface area (Å²) >= 11 is 5.89. The highest BCUT2D eigenvalue weighted by Crippen LogP contribution is 2.23. The first-order chi connectivity index (χ1) is 9.22. The fourth-order valence-electron chi connectivity index (χ4n) is 1.82. The second-order valence-electron chi connectivity index (χ2n) is 4.14. The zero-order valence-electron chi connectivity index (χ0n) is 10.8. The van der Waals surface area contributed by atoms with Crippen molar-refractivity contribution in [3.05, 3.63) is 71.8 Å². The van der Waals surface area contributed by atoms with Crippen LogP contribution in [-0.4, -0.2) is 7.11 Å². The highest BCUT2D eigenvalue weighted by Gasteiger charge is 2.07. The standard InChI is InChI=1S/C16H16ClNO/c1-3-16(12-4-6-13(17)7-5-12)18-14-8-10-15(19-2)11-9-14/h3-11,16,18H,1H2,2H3. The van der Waals surface area contributed by atoms with Crippen molar-refractivity contribution in [1.82, 2.24) is 0 Å². The van der Waals surface area contributed by atoms with Crippen molar-refractivity contribution in [3.8, 4) is 5.75 Å². The van der Waals surface area contributed by atoms with Crippen LogP contribution >= 0.6 is 11.6 Å². The van der Waals surface area contributed by atoms with E-state index in [1.54, 1.807) is 7.11 Å². The van der Waals surface area contributed by atoms with Crippen LogP contribution in [0.5, 0.6) is 5.75 Å². The molecule has 0 heterocycles. The summed E-state index contributed by atoms with van der Waals surface area (Å²) in [5, 5.41) is 4.13.